The van der Waals surface area contributed by atoms with Crippen molar-refractivity contribution in [3.63, 3.8) is 0 Å². The number of amides is 1. The first kappa shape index (κ1) is 15.2. The summed E-state index contributed by atoms with van der Waals surface area (Å²) in [6.07, 6.45) is 0.726. The molecule has 1 aromatic rings. The summed E-state index contributed by atoms with van der Waals surface area (Å²) in [6, 6.07) is 5.48. The molecule has 0 bridgehead atoms. The van der Waals surface area contributed by atoms with Gasteiger partial charge < -0.3 is 10.0 Å². The highest BCUT2D eigenvalue weighted by molar-refractivity contribution is 5.97. The highest BCUT2D eigenvalue weighted by Crippen LogP contribution is 2.16. The minimum absolute atomic E-state index is 0.0932. The van der Waals surface area contributed by atoms with Crippen LogP contribution in [0.3, 0.4) is 0 Å². The van der Waals surface area contributed by atoms with E-state index in [1.54, 1.807) is 6.07 Å². The maximum Gasteiger partial charge on any atom is 0.323 e. The Kier molecular flexibility index (Phi) is 5.10. The van der Waals surface area contributed by atoms with Crippen molar-refractivity contribution >= 4 is 11.9 Å². The molecule has 4 heteroatoms. The van der Waals surface area contributed by atoms with Crippen LogP contribution in [0.4, 0.5) is 0 Å². The van der Waals surface area contributed by atoms with Crippen LogP contribution >= 0.6 is 0 Å². The third kappa shape index (κ3) is 3.81. The van der Waals surface area contributed by atoms with Crippen molar-refractivity contribution in [3.8, 4) is 0 Å². The van der Waals surface area contributed by atoms with Crippen molar-refractivity contribution in [1.82, 2.24) is 4.90 Å². The minimum atomic E-state index is -0.988. The number of carboxylic acid groups (broad SMARTS) is 1. The summed E-state index contributed by atoms with van der Waals surface area (Å²) in [5.74, 6) is -1.20. The van der Waals surface area contributed by atoms with Crippen molar-refractivity contribution in [1.29, 1.82) is 0 Å². The molecule has 0 radical (unpaired) electrons. The third-order valence-electron chi connectivity index (χ3n) is 3.30. The second kappa shape index (κ2) is 6.36. The maximum atomic E-state index is 12.5. The van der Waals surface area contributed by atoms with Gasteiger partial charge in [-0.05, 0) is 38.8 Å². The van der Waals surface area contributed by atoms with Gasteiger partial charge in [-0.3, -0.25) is 9.59 Å². The maximum absolute atomic E-state index is 12.5. The van der Waals surface area contributed by atoms with Crippen LogP contribution in [-0.2, 0) is 4.79 Å². The first-order valence-corrected chi connectivity index (χ1v) is 6.46. The molecule has 0 saturated carbocycles. The van der Waals surface area contributed by atoms with Crippen molar-refractivity contribution in [2.45, 2.75) is 40.2 Å². The van der Waals surface area contributed by atoms with E-state index in [1.807, 2.05) is 39.8 Å². The monoisotopic (exact) mass is 263 g/mol. The lowest BCUT2D eigenvalue weighted by Crippen LogP contribution is -2.42. The van der Waals surface area contributed by atoms with E-state index in [0.717, 1.165) is 17.5 Å². The van der Waals surface area contributed by atoms with Crippen molar-refractivity contribution in [3.05, 3.63) is 34.9 Å². The van der Waals surface area contributed by atoms with Gasteiger partial charge in [-0.1, -0.05) is 24.6 Å². The average molecular weight is 263 g/mol. The molecule has 1 N–H and O–H groups in total. The lowest BCUT2D eigenvalue weighted by atomic mass is 10.0. The molecule has 1 aromatic carbocycles. The van der Waals surface area contributed by atoms with E-state index in [0.29, 0.717) is 5.56 Å². The molecule has 4 nitrogen and oxygen atoms in total. The minimum Gasteiger partial charge on any atom is -0.480 e. The van der Waals surface area contributed by atoms with Gasteiger partial charge in [0.2, 0.25) is 0 Å². The highest BCUT2D eigenvalue weighted by atomic mass is 16.4. The largest absolute Gasteiger partial charge is 0.480 e. The Balaban J connectivity index is 3.08. The van der Waals surface area contributed by atoms with Crippen LogP contribution in [0.1, 0.15) is 41.8 Å². The first-order valence-electron chi connectivity index (χ1n) is 6.46. The van der Waals surface area contributed by atoms with Crippen molar-refractivity contribution < 1.29 is 14.7 Å². The van der Waals surface area contributed by atoms with Gasteiger partial charge in [0.05, 0.1) is 0 Å². The molecule has 1 rings (SSSR count). The number of rotatable bonds is 5. The zero-order valence-corrected chi connectivity index (χ0v) is 11.9. The summed E-state index contributed by atoms with van der Waals surface area (Å²) in [6.45, 7) is 7.38. The number of benzene rings is 1. The van der Waals surface area contributed by atoms with Crippen LogP contribution in [0.15, 0.2) is 18.2 Å². The Morgan fingerprint density at radius 3 is 2.42 bits per heavy atom. The molecular formula is C15H21NO3. The van der Waals surface area contributed by atoms with Crippen LogP contribution < -0.4 is 0 Å². The van der Waals surface area contributed by atoms with Gasteiger partial charge in [0.15, 0.2) is 0 Å². The van der Waals surface area contributed by atoms with Crippen LogP contribution in [0.5, 0.6) is 0 Å². The quantitative estimate of drug-likeness (QED) is 0.888. The fourth-order valence-electron chi connectivity index (χ4n) is 2.00. The van der Waals surface area contributed by atoms with Crippen LogP contribution in [0, 0.1) is 13.8 Å². The van der Waals surface area contributed by atoms with E-state index in [1.165, 1.54) is 4.90 Å². The van der Waals surface area contributed by atoms with E-state index in [2.05, 4.69) is 0 Å². The molecule has 0 aliphatic heterocycles. The smallest absolute Gasteiger partial charge is 0.323 e. The van der Waals surface area contributed by atoms with E-state index in [-0.39, 0.29) is 18.5 Å². The summed E-state index contributed by atoms with van der Waals surface area (Å²) >= 11 is 0. The molecule has 19 heavy (non-hydrogen) atoms. The van der Waals surface area contributed by atoms with Gasteiger partial charge in [0, 0.05) is 11.6 Å². The molecule has 0 aromatic heterocycles. The molecule has 104 valence electrons. The Morgan fingerprint density at radius 2 is 1.95 bits per heavy atom. The SMILES string of the molecule is CCC(C)N(CC(=O)O)C(=O)c1ccc(C)cc1C. The van der Waals surface area contributed by atoms with Crippen LogP contribution in [0.25, 0.3) is 0 Å². The molecule has 1 atom stereocenters. The van der Waals surface area contributed by atoms with E-state index in [4.69, 9.17) is 5.11 Å². The third-order valence-corrected chi connectivity index (χ3v) is 3.30. The van der Waals surface area contributed by atoms with E-state index >= 15 is 0 Å². The molecule has 1 unspecified atom stereocenters. The molecule has 0 spiro atoms. The van der Waals surface area contributed by atoms with Gasteiger partial charge in [0.25, 0.3) is 5.91 Å². The summed E-state index contributed by atoms with van der Waals surface area (Å²) < 4.78 is 0. The molecule has 0 fully saturated rings. The van der Waals surface area contributed by atoms with Crippen LogP contribution in [0.2, 0.25) is 0 Å². The summed E-state index contributed by atoms with van der Waals surface area (Å²) in [5.41, 5.74) is 2.54. The molecule has 0 heterocycles. The van der Waals surface area contributed by atoms with Gasteiger partial charge in [0.1, 0.15) is 6.54 Å². The summed E-state index contributed by atoms with van der Waals surface area (Å²) in [4.78, 5) is 24.8. The fraction of sp³-hybridized carbons (Fsp3) is 0.467. The van der Waals surface area contributed by atoms with E-state index in [9.17, 15) is 9.59 Å². The molecule has 1 amide bonds. The highest BCUT2D eigenvalue weighted by Gasteiger charge is 2.23. The zero-order valence-electron chi connectivity index (χ0n) is 11.9. The number of carboxylic acids is 1. The molecule has 0 aliphatic carbocycles. The van der Waals surface area contributed by atoms with Gasteiger partial charge >= 0.3 is 5.97 Å². The predicted octanol–water partition coefficient (Wildman–Crippen LogP) is 2.63. The zero-order chi connectivity index (χ0) is 14.6. The number of hydrogen-bond acceptors (Lipinski definition) is 2. The Morgan fingerprint density at radius 1 is 1.32 bits per heavy atom. The number of carbonyl (C=O) groups excluding carboxylic acids is 1. The van der Waals surface area contributed by atoms with Crippen molar-refractivity contribution in [2.75, 3.05) is 6.54 Å². The number of aliphatic carboxylic acids is 1. The van der Waals surface area contributed by atoms with Gasteiger partial charge in [-0.25, -0.2) is 0 Å². The number of carbonyl (C=O) groups is 2. The average Bonchev–Trinajstić information content (AvgIpc) is 2.34. The standard InChI is InChI=1S/C15H21NO3/c1-5-12(4)16(9-14(17)18)15(19)13-7-6-10(2)8-11(13)3/h6-8,12H,5,9H2,1-4H3,(H,17,18). The predicted molar refractivity (Wildman–Crippen MR) is 74.3 cm³/mol. The normalized spacial score (nSPS) is 12.0. The Labute approximate surface area is 114 Å². The van der Waals surface area contributed by atoms with Crippen LogP contribution in [-0.4, -0.2) is 34.5 Å². The molecule has 0 saturated heterocycles. The van der Waals surface area contributed by atoms with Gasteiger partial charge in [-0.15, -0.1) is 0 Å². The molecular weight excluding hydrogens is 242 g/mol. The van der Waals surface area contributed by atoms with Crippen molar-refractivity contribution in [2.24, 2.45) is 0 Å². The topological polar surface area (TPSA) is 57.6 Å². The number of hydrogen-bond donors (Lipinski definition) is 1. The van der Waals surface area contributed by atoms with Gasteiger partial charge in [-0.2, -0.15) is 0 Å². The second-order valence-electron chi connectivity index (χ2n) is 4.90. The lowest BCUT2D eigenvalue weighted by molar-refractivity contribution is -0.138. The number of aryl methyl sites for hydroxylation is 2. The Hall–Kier alpha value is -1.84. The summed E-state index contributed by atoms with van der Waals surface area (Å²) in [7, 11) is 0. The fourth-order valence-corrected chi connectivity index (χ4v) is 2.00. The molecule has 0 aliphatic rings. The second-order valence-corrected chi connectivity index (χ2v) is 4.90. The number of nitrogens with zero attached hydrogens (tertiary/aromatic N) is 1. The summed E-state index contributed by atoms with van der Waals surface area (Å²) in [5, 5.41) is 8.94. The lowest BCUT2D eigenvalue weighted by Gasteiger charge is -2.27. The first-order chi connectivity index (χ1) is 8.86. The van der Waals surface area contributed by atoms with E-state index < -0.39 is 5.97 Å². The Bertz CT molecular complexity index is 482.